The van der Waals surface area contributed by atoms with Crippen LogP contribution in [-0.4, -0.2) is 31.5 Å². The molecule has 192 valence electrons. The van der Waals surface area contributed by atoms with Crippen LogP contribution in [0.5, 0.6) is 5.75 Å². The predicted molar refractivity (Wildman–Crippen MR) is 139 cm³/mol. The van der Waals surface area contributed by atoms with Gasteiger partial charge in [-0.05, 0) is 55.0 Å². The van der Waals surface area contributed by atoms with Crippen molar-refractivity contribution in [1.82, 2.24) is 5.32 Å². The minimum absolute atomic E-state index is 0.0588. The average molecular weight is 492 g/mol. The van der Waals surface area contributed by atoms with Crippen molar-refractivity contribution in [1.29, 1.82) is 0 Å². The van der Waals surface area contributed by atoms with Crippen LogP contribution in [0.3, 0.4) is 0 Å². The van der Waals surface area contributed by atoms with Gasteiger partial charge in [-0.3, -0.25) is 4.79 Å². The number of benzene rings is 2. The Kier molecular flexibility index (Phi) is 7.57. The molecule has 0 spiro atoms. The van der Waals surface area contributed by atoms with E-state index in [1.807, 2.05) is 56.3 Å². The third-order valence-electron chi connectivity index (χ3n) is 7.03. The van der Waals surface area contributed by atoms with Crippen LogP contribution in [0, 0.1) is 0 Å². The van der Waals surface area contributed by atoms with Gasteiger partial charge in [0, 0.05) is 12.0 Å². The van der Waals surface area contributed by atoms with Crippen LogP contribution in [0.25, 0.3) is 0 Å². The molecule has 6 heteroatoms. The van der Waals surface area contributed by atoms with Crippen LogP contribution in [0.15, 0.2) is 65.1 Å². The Hall–Kier alpha value is -3.09. The zero-order chi connectivity index (χ0) is 25.9. The summed E-state index contributed by atoms with van der Waals surface area (Å²) >= 11 is 0. The molecule has 0 bridgehead atoms. The Morgan fingerprint density at radius 1 is 1.11 bits per heavy atom. The van der Waals surface area contributed by atoms with Gasteiger partial charge in [-0.2, -0.15) is 0 Å². The largest absolute Gasteiger partial charge is 0.496 e. The molecule has 1 fully saturated rings. The minimum Gasteiger partial charge on any atom is -0.496 e. The summed E-state index contributed by atoms with van der Waals surface area (Å²) < 4.78 is 23.6. The second-order valence-electron chi connectivity index (χ2n) is 10.4. The number of ether oxygens (including phenoxy) is 3. The fourth-order valence-corrected chi connectivity index (χ4v) is 4.42. The highest BCUT2D eigenvalue weighted by Crippen LogP contribution is 2.34. The Balaban J connectivity index is 1.50. The number of methoxy groups -OCH3 is 1. The molecular formula is C30H37NO5. The fourth-order valence-electron chi connectivity index (χ4n) is 4.42. The van der Waals surface area contributed by atoms with Crippen LogP contribution in [-0.2, 0) is 21.3 Å². The normalized spacial score (nSPS) is 19.6. The number of nitrogens with one attached hydrogen (secondary N) is 1. The summed E-state index contributed by atoms with van der Waals surface area (Å²) in [5.74, 6) is 0.719. The van der Waals surface area contributed by atoms with Gasteiger partial charge >= 0.3 is 0 Å². The van der Waals surface area contributed by atoms with Gasteiger partial charge in [0.25, 0.3) is 5.91 Å². The van der Waals surface area contributed by atoms with E-state index in [1.54, 1.807) is 13.2 Å². The van der Waals surface area contributed by atoms with Crippen molar-refractivity contribution < 1.29 is 23.4 Å². The highest BCUT2D eigenvalue weighted by atomic mass is 16.7. The zero-order valence-electron chi connectivity index (χ0n) is 22.1. The molecule has 1 aromatic heterocycles. The van der Waals surface area contributed by atoms with Crippen LogP contribution in [0.1, 0.15) is 80.1 Å². The summed E-state index contributed by atoms with van der Waals surface area (Å²) in [5, 5.41) is 3.05. The lowest BCUT2D eigenvalue weighted by atomic mass is 9.81. The van der Waals surface area contributed by atoms with Gasteiger partial charge < -0.3 is 23.9 Å². The summed E-state index contributed by atoms with van der Waals surface area (Å²) in [6, 6.07) is 19.4. The maximum Gasteiger partial charge on any atom is 0.287 e. The smallest absolute Gasteiger partial charge is 0.287 e. The van der Waals surface area contributed by atoms with E-state index >= 15 is 0 Å². The van der Waals surface area contributed by atoms with Crippen LogP contribution < -0.4 is 10.1 Å². The molecule has 2 unspecified atom stereocenters. The SMILES string of the molecule is CCC(C)(C)c1ccc(OC)c(Cc2ccc(C(=O)NC3COC(C)(C)OC3c3ccccc3)o2)c1. The highest BCUT2D eigenvalue weighted by molar-refractivity contribution is 5.91. The van der Waals surface area contributed by atoms with E-state index in [1.165, 1.54) is 5.56 Å². The van der Waals surface area contributed by atoms with Crippen LogP contribution >= 0.6 is 0 Å². The molecule has 0 aliphatic carbocycles. The first-order valence-electron chi connectivity index (χ1n) is 12.6. The average Bonchev–Trinajstić information content (AvgIpc) is 3.34. The number of hydrogen-bond donors (Lipinski definition) is 1. The quantitative estimate of drug-likeness (QED) is 0.407. The standard InChI is InChI=1S/C30H37NO5/c1-7-29(2,3)22-13-15-25(33-6)21(17-22)18-23-14-16-26(35-23)28(32)31-24-19-34-30(4,5)36-27(24)20-11-9-8-10-12-20/h8-17,24,27H,7,18-19H2,1-6H3,(H,31,32). The van der Waals surface area contributed by atoms with Crippen molar-refractivity contribution in [2.75, 3.05) is 13.7 Å². The summed E-state index contributed by atoms with van der Waals surface area (Å²) in [4.78, 5) is 13.1. The molecular weight excluding hydrogens is 454 g/mol. The molecule has 0 saturated carbocycles. The molecule has 4 rings (SSSR count). The molecule has 2 aromatic carbocycles. The molecule has 1 amide bonds. The van der Waals surface area contributed by atoms with Crippen molar-refractivity contribution in [2.45, 2.75) is 70.8 Å². The lowest BCUT2D eigenvalue weighted by Gasteiger charge is -2.41. The van der Waals surface area contributed by atoms with E-state index in [0.29, 0.717) is 18.8 Å². The van der Waals surface area contributed by atoms with E-state index in [2.05, 4.69) is 38.2 Å². The lowest BCUT2D eigenvalue weighted by Crippen LogP contribution is -2.51. The Morgan fingerprint density at radius 3 is 2.56 bits per heavy atom. The van der Waals surface area contributed by atoms with Crippen molar-refractivity contribution in [3.63, 3.8) is 0 Å². The number of amides is 1. The first-order chi connectivity index (χ1) is 17.1. The maximum absolute atomic E-state index is 13.1. The highest BCUT2D eigenvalue weighted by Gasteiger charge is 2.38. The molecule has 36 heavy (non-hydrogen) atoms. The van der Waals surface area contributed by atoms with E-state index in [0.717, 1.165) is 23.3 Å². The Bertz CT molecular complexity index is 1180. The van der Waals surface area contributed by atoms with Gasteiger partial charge in [-0.1, -0.05) is 63.2 Å². The number of carbonyl (C=O) groups is 1. The number of furan rings is 1. The predicted octanol–water partition coefficient (Wildman–Crippen LogP) is 6.19. The summed E-state index contributed by atoms with van der Waals surface area (Å²) in [6.07, 6.45) is 1.22. The molecule has 1 N–H and O–H groups in total. The molecule has 1 saturated heterocycles. The van der Waals surface area contributed by atoms with Gasteiger partial charge in [-0.15, -0.1) is 0 Å². The molecule has 2 atom stereocenters. The second kappa shape index (κ2) is 10.5. The van der Waals surface area contributed by atoms with Crippen molar-refractivity contribution in [2.24, 2.45) is 0 Å². The summed E-state index contributed by atoms with van der Waals surface area (Å²) in [6.45, 7) is 10.7. The lowest BCUT2D eigenvalue weighted by molar-refractivity contribution is -0.284. The van der Waals surface area contributed by atoms with E-state index in [9.17, 15) is 4.79 Å². The van der Waals surface area contributed by atoms with Crippen molar-refractivity contribution in [3.05, 3.63) is 88.9 Å². The molecule has 1 aliphatic rings. The number of rotatable bonds is 8. The summed E-state index contributed by atoms with van der Waals surface area (Å²) in [5.41, 5.74) is 3.32. The molecule has 3 aromatic rings. The molecule has 2 heterocycles. The Labute approximate surface area is 213 Å². The van der Waals surface area contributed by atoms with E-state index in [-0.39, 0.29) is 29.2 Å². The minimum atomic E-state index is -0.737. The second-order valence-corrected chi connectivity index (χ2v) is 10.4. The van der Waals surface area contributed by atoms with E-state index in [4.69, 9.17) is 18.6 Å². The van der Waals surface area contributed by atoms with E-state index < -0.39 is 5.79 Å². The molecule has 6 nitrogen and oxygen atoms in total. The number of hydrogen-bond acceptors (Lipinski definition) is 5. The van der Waals surface area contributed by atoms with Gasteiger partial charge in [0.15, 0.2) is 11.5 Å². The van der Waals surface area contributed by atoms with Crippen molar-refractivity contribution >= 4 is 5.91 Å². The van der Waals surface area contributed by atoms with Crippen LogP contribution in [0.2, 0.25) is 0 Å². The topological polar surface area (TPSA) is 69.9 Å². The third-order valence-corrected chi connectivity index (χ3v) is 7.03. The fraction of sp³-hybridized carbons (Fsp3) is 0.433. The Morgan fingerprint density at radius 2 is 1.86 bits per heavy atom. The zero-order valence-corrected chi connectivity index (χ0v) is 22.1. The monoisotopic (exact) mass is 491 g/mol. The molecule has 1 aliphatic heterocycles. The third kappa shape index (κ3) is 5.82. The molecule has 0 radical (unpaired) electrons. The van der Waals surface area contributed by atoms with Gasteiger partial charge in [0.2, 0.25) is 0 Å². The first kappa shape index (κ1) is 26.0. The van der Waals surface area contributed by atoms with Gasteiger partial charge in [0.05, 0.1) is 19.8 Å². The summed E-state index contributed by atoms with van der Waals surface area (Å²) in [7, 11) is 1.67. The van der Waals surface area contributed by atoms with Crippen LogP contribution in [0.4, 0.5) is 0 Å². The van der Waals surface area contributed by atoms with Gasteiger partial charge in [0.1, 0.15) is 17.6 Å². The first-order valence-corrected chi connectivity index (χ1v) is 12.6. The maximum atomic E-state index is 13.1. The number of carbonyl (C=O) groups excluding carboxylic acids is 1. The van der Waals surface area contributed by atoms with Crippen molar-refractivity contribution in [3.8, 4) is 5.75 Å². The van der Waals surface area contributed by atoms with Gasteiger partial charge in [-0.25, -0.2) is 0 Å².